The van der Waals surface area contributed by atoms with Gasteiger partial charge < -0.3 is 10.5 Å². The SMILES string of the molecule is NC(=S)c1cc(Cl)ccc1Oc1ccc(F)c(Cl)c1. The smallest absolute Gasteiger partial charge is 0.142 e. The Morgan fingerprint density at radius 1 is 1.16 bits per heavy atom. The number of nitrogens with two attached hydrogens (primary N) is 1. The second-order valence-electron chi connectivity index (χ2n) is 3.68. The maximum absolute atomic E-state index is 13.1. The molecule has 2 aromatic rings. The lowest BCUT2D eigenvalue weighted by atomic mass is 10.2. The van der Waals surface area contributed by atoms with Crippen LogP contribution in [-0.2, 0) is 0 Å². The van der Waals surface area contributed by atoms with Crippen molar-refractivity contribution >= 4 is 40.4 Å². The van der Waals surface area contributed by atoms with Crippen LogP contribution < -0.4 is 10.5 Å². The monoisotopic (exact) mass is 315 g/mol. The minimum absolute atomic E-state index is 0.0247. The average Bonchev–Trinajstić information content (AvgIpc) is 2.36. The molecule has 0 unspecified atom stereocenters. The molecule has 2 nitrogen and oxygen atoms in total. The van der Waals surface area contributed by atoms with Crippen LogP contribution in [0.1, 0.15) is 5.56 Å². The van der Waals surface area contributed by atoms with E-state index in [0.717, 1.165) is 0 Å². The van der Waals surface area contributed by atoms with Gasteiger partial charge in [0.05, 0.1) is 10.6 Å². The zero-order valence-corrected chi connectivity index (χ0v) is 11.8. The second kappa shape index (κ2) is 5.74. The molecule has 0 aromatic heterocycles. The van der Waals surface area contributed by atoms with E-state index in [1.54, 1.807) is 18.2 Å². The lowest BCUT2D eigenvalue weighted by molar-refractivity contribution is 0.480. The molecule has 0 saturated heterocycles. The largest absolute Gasteiger partial charge is 0.457 e. The predicted octanol–water partition coefficient (Wildman–Crippen LogP) is 4.56. The lowest BCUT2D eigenvalue weighted by Crippen LogP contribution is -2.10. The van der Waals surface area contributed by atoms with E-state index in [1.807, 2.05) is 0 Å². The first-order chi connectivity index (χ1) is 8.97. The lowest BCUT2D eigenvalue weighted by Gasteiger charge is -2.11. The van der Waals surface area contributed by atoms with Gasteiger partial charge in [-0.2, -0.15) is 0 Å². The summed E-state index contributed by atoms with van der Waals surface area (Å²) in [5.41, 5.74) is 6.10. The van der Waals surface area contributed by atoms with Gasteiger partial charge >= 0.3 is 0 Å². The summed E-state index contributed by atoms with van der Waals surface area (Å²) < 4.78 is 18.6. The van der Waals surface area contributed by atoms with Crippen molar-refractivity contribution in [3.63, 3.8) is 0 Å². The highest BCUT2D eigenvalue weighted by molar-refractivity contribution is 7.80. The molecular weight excluding hydrogens is 308 g/mol. The van der Waals surface area contributed by atoms with Gasteiger partial charge in [-0.15, -0.1) is 0 Å². The van der Waals surface area contributed by atoms with Crippen molar-refractivity contribution in [1.29, 1.82) is 0 Å². The number of halogens is 3. The summed E-state index contributed by atoms with van der Waals surface area (Å²) >= 11 is 16.5. The zero-order valence-electron chi connectivity index (χ0n) is 9.49. The van der Waals surface area contributed by atoms with Crippen LogP contribution in [0, 0.1) is 5.82 Å². The molecule has 98 valence electrons. The molecule has 0 radical (unpaired) electrons. The van der Waals surface area contributed by atoms with Crippen LogP contribution in [-0.4, -0.2) is 4.99 Å². The summed E-state index contributed by atoms with van der Waals surface area (Å²) in [7, 11) is 0. The number of hydrogen-bond donors (Lipinski definition) is 1. The molecule has 2 aromatic carbocycles. The van der Waals surface area contributed by atoms with E-state index in [9.17, 15) is 4.39 Å². The molecular formula is C13H8Cl2FNOS. The van der Waals surface area contributed by atoms with Crippen LogP contribution in [0.2, 0.25) is 10.0 Å². The number of thiocarbonyl (C=S) groups is 1. The standard InChI is InChI=1S/C13H8Cl2FNOS/c14-7-1-4-12(9(5-7)13(17)19)18-8-2-3-11(16)10(15)6-8/h1-6H,(H2,17,19). The van der Waals surface area contributed by atoms with E-state index < -0.39 is 5.82 Å². The third kappa shape index (κ3) is 3.35. The number of hydrogen-bond acceptors (Lipinski definition) is 2. The van der Waals surface area contributed by atoms with Crippen LogP contribution in [0.3, 0.4) is 0 Å². The quantitative estimate of drug-likeness (QED) is 0.843. The zero-order chi connectivity index (χ0) is 14.0. The van der Waals surface area contributed by atoms with Gasteiger partial charge in [-0.3, -0.25) is 0 Å². The minimum atomic E-state index is -0.514. The summed E-state index contributed by atoms with van der Waals surface area (Å²) in [6.45, 7) is 0. The van der Waals surface area contributed by atoms with Crippen molar-refractivity contribution in [1.82, 2.24) is 0 Å². The van der Waals surface area contributed by atoms with Gasteiger partial charge in [-0.05, 0) is 30.3 Å². The van der Waals surface area contributed by atoms with Crippen molar-refractivity contribution in [2.75, 3.05) is 0 Å². The molecule has 0 spiro atoms. The predicted molar refractivity (Wildman–Crippen MR) is 78.8 cm³/mol. The van der Waals surface area contributed by atoms with E-state index in [-0.39, 0.29) is 10.0 Å². The number of rotatable bonds is 3. The molecule has 6 heteroatoms. The molecule has 2 rings (SSSR count). The summed E-state index contributed by atoms with van der Waals surface area (Å²) in [5, 5.41) is 0.468. The average molecular weight is 316 g/mol. The molecule has 2 N–H and O–H groups in total. The Morgan fingerprint density at radius 2 is 1.89 bits per heavy atom. The third-order valence-corrected chi connectivity index (χ3v) is 3.07. The number of benzene rings is 2. The molecule has 19 heavy (non-hydrogen) atoms. The van der Waals surface area contributed by atoms with Crippen molar-refractivity contribution in [2.24, 2.45) is 5.73 Å². The van der Waals surface area contributed by atoms with Crippen LogP contribution >= 0.6 is 35.4 Å². The Morgan fingerprint density at radius 3 is 2.53 bits per heavy atom. The Balaban J connectivity index is 2.37. The summed E-state index contributed by atoms with van der Waals surface area (Å²) in [6, 6.07) is 8.92. The Kier molecular flexibility index (Phi) is 4.24. The third-order valence-electron chi connectivity index (χ3n) is 2.33. The van der Waals surface area contributed by atoms with Gasteiger partial charge in [0, 0.05) is 11.1 Å². The molecule has 0 bridgehead atoms. The first-order valence-electron chi connectivity index (χ1n) is 5.19. The topological polar surface area (TPSA) is 35.2 Å². The van der Waals surface area contributed by atoms with Gasteiger partial charge in [-0.25, -0.2) is 4.39 Å². The van der Waals surface area contributed by atoms with E-state index in [0.29, 0.717) is 22.1 Å². The fraction of sp³-hybridized carbons (Fsp3) is 0. The highest BCUT2D eigenvalue weighted by atomic mass is 35.5. The highest BCUT2D eigenvalue weighted by Gasteiger charge is 2.10. The Labute approximate surface area is 124 Å². The molecule has 0 aliphatic heterocycles. The Hall–Kier alpha value is -1.36. The van der Waals surface area contributed by atoms with Gasteiger partial charge in [0.15, 0.2) is 0 Å². The Bertz CT molecular complexity index is 649. The minimum Gasteiger partial charge on any atom is -0.457 e. The van der Waals surface area contributed by atoms with Gasteiger partial charge in [0.1, 0.15) is 22.3 Å². The second-order valence-corrected chi connectivity index (χ2v) is 4.97. The van der Waals surface area contributed by atoms with Crippen LogP contribution in [0.5, 0.6) is 11.5 Å². The van der Waals surface area contributed by atoms with Crippen LogP contribution in [0.25, 0.3) is 0 Å². The summed E-state index contributed by atoms with van der Waals surface area (Å²) in [6.07, 6.45) is 0. The first kappa shape index (κ1) is 14.1. The van der Waals surface area contributed by atoms with Crippen LogP contribution in [0.4, 0.5) is 4.39 Å². The van der Waals surface area contributed by atoms with E-state index in [4.69, 9.17) is 45.9 Å². The summed E-state index contributed by atoms with van der Waals surface area (Å²) in [4.78, 5) is 0.158. The molecule has 0 aliphatic carbocycles. The van der Waals surface area contributed by atoms with Crippen molar-refractivity contribution in [3.05, 3.63) is 57.8 Å². The normalized spacial score (nSPS) is 10.3. The molecule has 0 aliphatic rings. The van der Waals surface area contributed by atoms with E-state index >= 15 is 0 Å². The molecule has 0 atom stereocenters. The van der Waals surface area contributed by atoms with Gasteiger partial charge in [0.2, 0.25) is 0 Å². The first-order valence-corrected chi connectivity index (χ1v) is 6.36. The summed E-state index contributed by atoms with van der Waals surface area (Å²) in [5.74, 6) is 0.297. The van der Waals surface area contributed by atoms with Gasteiger partial charge in [-0.1, -0.05) is 35.4 Å². The van der Waals surface area contributed by atoms with Gasteiger partial charge in [0.25, 0.3) is 0 Å². The van der Waals surface area contributed by atoms with Crippen molar-refractivity contribution in [2.45, 2.75) is 0 Å². The molecule has 0 fully saturated rings. The fourth-order valence-electron chi connectivity index (χ4n) is 1.45. The van der Waals surface area contributed by atoms with E-state index in [2.05, 4.69) is 0 Å². The molecule has 0 heterocycles. The highest BCUT2D eigenvalue weighted by Crippen LogP contribution is 2.30. The maximum atomic E-state index is 13.1. The van der Waals surface area contributed by atoms with E-state index in [1.165, 1.54) is 18.2 Å². The van der Waals surface area contributed by atoms with Crippen molar-refractivity contribution < 1.29 is 9.13 Å². The molecule has 0 amide bonds. The molecule has 0 saturated carbocycles. The van der Waals surface area contributed by atoms with Crippen LogP contribution in [0.15, 0.2) is 36.4 Å². The fourth-order valence-corrected chi connectivity index (χ4v) is 1.95. The maximum Gasteiger partial charge on any atom is 0.142 e. The number of ether oxygens (including phenoxy) is 1. The van der Waals surface area contributed by atoms with Crippen molar-refractivity contribution in [3.8, 4) is 11.5 Å².